The Kier molecular flexibility index (Phi) is 24.3. The van der Waals surface area contributed by atoms with Gasteiger partial charge in [-0.05, 0) is 324 Å². The van der Waals surface area contributed by atoms with E-state index in [1.54, 1.807) is 0 Å². The largest absolute Gasteiger partial charge is 0.462 e. The summed E-state index contributed by atoms with van der Waals surface area (Å²) in [5.41, 5.74) is -2.40. The minimum Gasteiger partial charge on any atom is -0.462 e. The van der Waals surface area contributed by atoms with E-state index in [9.17, 15) is 55.9 Å². The normalized spacial score (nSPS) is 42.1. The van der Waals surface area contributed by atoms with Crippen molar-refractivity contribution < 1.29 is 108 Å². The van der Waals surface area contributed by atoms with Gasteiger partial charge in [0, 0.05) is 72.1 Å². The van der Waals surface area contributed by atoms with E-state index in [0.717, 1.165) is 116 Å². The molecule has 728 valence electrons. The molecule has 135 heavy (non-hydrogen) atoms. The fourth-order valence-electron chi connectivity index (χ4n) is 33.1. The number of ether oxygens (including phenoxy) is 11. The van der Waals surface area contributed by atoms with Gasteiger partial charge in [0.1, 0.15) is 85.1 Å². The first kappa shape index (κ1) is 93.2. The summed E-state index contributed by atoms with van der Waals surface area (Å²) in [7, 11) is 0.417. The summed E-state index contributed by atoms with van der Waals surface area (Å²) < 4.78 is 125. The first-order chi connectivity index (χ1) is 64.5. The van der Waals surface area contributed by atoms with Crippen molar-refractivity contribution in [3.63, 3.8) is 0 Å². The molecule has 24 saturated carbocycles. The molecule has 3 aliphatic heterocycles. The molecule has 4 aromatic carbocycles. The van der Waals surface area contributed by atoms with Crippen LogP contribution in [0.2, 0.25) is 0 Å². The third-order valence-corrected chi connectivity index (χ3v) is 41.8. The van der Waals surface area contributed by atoms with Crippen molar-refractivity contribution >= 4 is 69.2 Å². The van der Waals surface area contributed by atoms with Crippen LogP contribution < -0.4 is 0 Å². The lowest BCUT2D eigenvalue weighted by Crippen LogP contribution is -2.65. The Bertz CT molecular complexity index is 4760. The minimum atomic E-state index is -3.60. The number of benzene rings is 4. The van der Waals surface area contributed by atoms with Gasteiger partial charge < -0.3 is 52.1 Å². The second kappa shape index (κ2) is 35.1. The van der Waals surface area contributed by atoms with Gasteiger partial charge in [-0.2, -0.15) is 17.6 Å². The second-order valence-corrected chi connectivity index (χ2v) is 52.4. The van der Waals surface area contributed by atoms with E-state index in [1.807, 2.05) is 0 Å². The lowest BCUT2D eigenvalue weighted by atomic mass is 9.49. The zero-order chi connectivity index (χ0) is 93.4. The third-order valence-electron chi connectivity index (χ3n) is 37.3. The van der Waals surface area contributed by atoms with Crippen LogP contribution in [-0.4, -0.2) is 158 Å². The van der Waals surface area contributed by atoms with Gasteiger partial charge in [-0.25, -0.2) is 9.59 Å². The lowest BCUT2D eigenvalue weighted by Gasteiger charge is -2.62. The highest BCUT2D eigenvalue weighted by atomic mass is 32.2. The summed E-state index contributed by atoms with van der Waals surface area (Å²) in [5.74, 6) is -6.42. The van der Waals surface area contributed by atoms with Crippen molar-refractivity contribution in [3.8, 4) is 0 Å². The fourth-order valence-corrected chi connectivity index (χ4v) is 37.1. The Morgan fingerprint density at radius 3 is 0.889 bits per heavy atom. The van der Waals surface area contributed by atoms with Crippen molar-refractivity contribution in [2.75, 3.05) is 51.1 Å². The van der Waals surface area contributed by atoms with E-state index in [4.69, 9.17) is 52.1 Å². The summed E-state index contributed by atoms with van der Waals surface area (Å²) in [6.07, 6.45) is 22.8. The Hall–Kier alpha value is -6.74. The number of rotatable bonds is 20. The van der Waals surface area contributed by atoms with E-state index in [0.29, 0.717) is 148 Å². The van der Waals surface area contributed by atoms with Gasteiger partial charge in [0.05, 0.1) is 45.8 Å². The van der Waals surface area contributed by atoms with Crippen LogP contribution in [0.5, 0.6) is 0 Å². The molecule has 0 aromatic heterocycles. The van der Waals surface area contributed by atoms with Gasteiger partial charge in [-0.1, -0.05) is 87.5 Å². The molecule has 27 fully saturated rings. The smallest absolute Gasteiger partial charge is 0.377 e. The number of ketones is 2. The van der Waals surface area contributed by atoms with Gasteiger partial charge in [0.15, 0.2) is 31.2 Å². The predicted molar refractivity (Wildman–Crippen MR) is 491 cm³/mol. The number of Topliss-reactive ketones (excluding diaryl/α,β-unsaturated/α-hetero) is 2. The van der Waals surface area contributed by atoms with Crippen LogP contribution >= 0.6 is 0 Å². The van der Waals surface area contributed by atoms with Gasteiger partial charge >= 0.3 is 47.7 Å². The average molecular weight is 1900 g/mol. The lowest BCUT2D eigenvalue weighted by molar-refractivity contribution is -0.326. The quantitative estimate of drug-likeness (QED) is 0.0346. The maximum Gasteiger partial charge on any atom is 0.377 e. The van der Waals surface area contributed by atoms with Gasteiger partial charge in [-0.3, -0.25) is 28.8 Å². The standard InChI is InChI=1S/C39H48F2O10.C39H52F2O8.C18H15S.C14H21OS/c1-35(40,41)32(44)51-38-10-21-6-26(15-38)39(27(7-21)16-38)49-28(17-47-33(45)36-8-19-2-22(11-36)30(42)23(3-19)12-36)29(50-39)18-48-34(46)37-9-20-4-24(13-37)31(43)25(5-20)14-37;1-35(40,41)32(42)49-38-16-27-8-28(17-38)39(29(9-27)18-38)47-30(19-45-33(43)36-10-21-2-22(11-36)4-23(3-21)12-36)31(48-39)20-46-34(44)37-13-24-5-25(14-37)7-26(6-24)15-37;1-4-10-16(11-5-1)19(17-12-6-2-7-13-17)18-14-8-3-9-15-18;1-14(2,3)12-4-6-13(7-5-12)16-10-8-15-9-11-16/h19-29H,2-18H2,1H3;21-31H,2-20H2,1H3;1-15H;4-7H,8-11H2,1-3H3/q;;2*+1/t19?,20?,21?,22?,23?,24?,25?,26-,27?,28-,29-,36?,37?,38?,39?;21?,22?,23?,24?,25?,26?,27?,28-,29?,30-,31-,36?,37?,38?,39?;;/m00../s1. The van der Waals surface area contributed by atoms with E-state index >= 15 is 0 Å². The third kappa shape index (κ3) is 17.6. The topological polar surface area (TPSA) is 238 Å². The number of carbonyl (C=O) groups is 8. The first-order valence-electron chi connectivity index (χ1n) is 51.5. The molecule has 31 rings (SSSR count). The van der Waals surface area contributed by atoms with E-state index in [2.05, 4.69) is 136 Å². The molecule has 10 unspecified atom stereocenters. The molecule has 3 heterocycles. The molecule has 3 saturated heterocycles. The summed E-state index contributed by atoms with van der Waals surface area (Å²) in [4.78, 5) is 112. The number of carbonyl (C=O) groups excluding carboxylic acids is 8. The summed E-state index contributed by atoms with van der Waals surface area (Å²) in [5, 5.41) is 0. The highest BCUT2D eigenvalue weighted by Gasteiger charge is 2.73. The number of alkyl halides is 4. The Labute approximate surface area is 796 Å². The Morgan fingerprint density at radius 2 is 0.615 bits per heavy atom. The summed E-state index contributed by atoms with van der Waals surface area (Å²) in [6, 6.07) is 41.4. The molecular formula is C110H136F4O19S2+2. The van der Waals surface area contributed by atoms with Crippen LogP contribution in [0.25, 0.3) is 0 Å². The van der Waals surface area contributed by atoms with Crippen molar-refractivity contribution in [1.82, 2.24) is 0 Å². The van der Waals surface area contributed by atoms with Crippen molar-refractivity contribution in [2.45, 2.75) is 324 Å². The van der Waals surface area contributed by atoms with E-state index < -0.39 is 92.6 Å². The number of hydrogen-bond acceptors (Lipinski definition) is 19. The van der Waals surface area contributed by atoms with Gasteiger partial charge in [0.25, 0.3) is 0 Å². The molecule has 0 amide bonds. The highest BCUT2D eigenvalue weighted by molar-refractivity contribution is 7.97. The molecule has 19 nitrogen and oxygen atoms in total. The SMILES string of the molecule is CC(C)(C)c1ccc([S+]2CCOCC2)cc1.CC(F)(F)C(=O)OC12CC3CC(C1)C1(O[C@@H](COC(=O)C45CC6CC(C4)C(=O)C(C6)C5)[C@H](COC(=O)C45CC6CC(C4)C(=O)C(C6)C5)O1)[C@@H](C3)C2.CC(F)(F)C(=O)OC12CC3CC(C1)C1(O[C@@H](COC(=O)C45CC6CC(CC(C6)C4)C5)[C@H](COC(=O)C45CC6CC(CC(C6)C4)C5)O1)[C@@H](C3)C2.c1ccc([S+](c2ccccc2)c2ccccc2)cc1. The van der Waals surface area contributed by atoms with E-state index in [-0.39, 0.29) is 126 Å². The molecule has 2 spiro atoms. The molecule has 4 aromatic rings. The Morgan fingerprint density at radius 1 is 0.348 bits per heavy atom. The molecule has 24 aliphatic carbocycles. The van der Waals surface area contributed by atoms with Crippen LogP contribution in [-0.2, 0) is 118 Å². The summed E-state index contributed by atoms with van der Waals surface area (Å²) in [6.45, 7) is 9.67. The van der Waals surface area contributed by atoms with Crippen molar-refractivity contribution in [1.29, 1.82) is 0 Å². The zero-order valence-corrected chi connectivity index (χ0v) is 80.7. The minimum absolute atomic E-state index is 0.0146. The van der Waals surface area contributed by atoms with Crippen molar-refractivity contribution in [2.24, 2.45) is 128 Å². The van der Waals surface area contributed by atoms with Crippen LogP contribution in [0.15, 0.2) is 135 Å². The first-order valence-corrected chi connectivity index (χ1v) is 54.3. The number of hydrogen-bond donors (Lipinski definition) is 0. The molecule has 25 heteroatoms. The zero-order valence-electron chi connectivity index (χ0n) is 79.0. The van der Waals surface area contributed by atoms with Gasteiger partial charge in [-0.15, -0.1) is 0 Å². The maximum absolute atomic E-state index is 14.0. The molecule has 0 radical (unpaired) electrons. The second-order valence-electron chi connectivity index (χ2n) is 48.1. The van der Waals surface area contributed by atoms with Crippen LogP contribution in [0.1, 0.15) is 246 Å². The Balaban J connectivity index is 0.000000116. The number of esters is 6. The van der Waals surface area contributed by atoms with E-state index in [1.165, 1.54) is 75.2 Å². The summed E-state index contributed by atoms with van der Waals surface area (Å²) >= 11 is 0. The van der Waals surface area contributed by atoms with Crippen molar-refractivity contribution in [3.05, 3.63) is 121 Å². The monoisotopic (exact) mass is 1900 g/mol. The molecular weight excluding hydrogens is 1770 g/mol. The van der Waals surface area contributed by atoms with Gasteiger partial charge in [0.2, 0.25) is 0 Å². The number of halogens is 4. The molecule has 0 N–H and O–H groups in total. The predicted octanol–water partition coefficient (Wildman–Crippen LogP) is 19.7. The van der Waals surface area contributed by atoms with Crippen LogP contribution in [0, 0.1) is 128 Å². The fraction of sp³-hybridized carbons (Fsp3) is 0.709. The van der Waals surface area contributed by atoms with Crippen LogP contribution in [0.3, 0.4) is 0 Å². The molecule has 24 bridgehead atoms. The average Bonchev–Trinajstić information content (AvgIpc) is 1.60. The molecule has 27 aliphatic rings. The maximum atomic E-state index is 14.0. The van der Waals surface area contributed by atoms with Crippen LogP contribution in [0.4, 0.5) is 17.6 Å². The highest BCUT2D eigenvalue weighted by Crippen LogP contribution is 2.70. The molecule has 16 atom stereocenters.